The molecule has 0 N–H and O–H groups in total. The molecular formula is C13H17FN2O3S. The number of halogens is 1. The molecule has 1 aromatic rings. The maximum absolute atomic E-state index is 13.4. The monoisotopic (exact) mass is 300 g/mol. The Kier molecular flexibility index (Phi) is 5.50. The summed E-state index contributed by atoms with van der Waals surface area (Å²) in [4.78, 5) is 24.2. The lowest BCUT2D eigenvalue weighted by molar-refractivity contribution is -0.385. The van der Waals surface area contributed by atoms with E-state index in [-0.39, 0.29) is 22.9 Å². The van der Waals surface area contributed by atoms with E-state index < -0.39 is 16.6 Å². The average molecular weight is 300 g/mol. The molecule has 7 heteroatoms. The van der Waals surface area contributed by atoms with Crippen LogP contribution in [0.15, 0.2) is 12.1 Å². The molecule has 110 valence electrons. The van der Waals surface area contributed by atoms with Gasteiger partial charge in [0.2, 0.25) is 0 Å². The molecule has 0 saturated heterocycles. The van der Waals surface area contributed by atoms with Gasteiger partial charge in [-0.05, 0) is 32.2 Å². The van der Waals surface area contributed by atoms with Crippen LogP contribution in [-0.2, 0) is 0 Å². The standard InChI is InChI=1S/C13H17FN2O3S/c1-8-5-10(14)6-11(12(8)16(18)19)13(17)15(3)9(2)7-20-4/h5-6,9H,7H2,1-4H3/t9-/m0/s1. The molecule has 1 rings (SSSR count). The van der Waals surface area contributed by atoms with E-state index in [0.29, 0.717) is 5.75 Å². The lowest BCUT2D eigenvalue weighted by Crippen LogP contribution is -2.37. The first-order valence-corrected chi connectivity index (χ1v) is 7.39. The van der Waals surface area contributed by atoms with Crippen LogP contribution in [0.5, 0.6) is 0 Å². The summed E-state index contributed by atoms with van der Waals surface area (Å²) >= 11 is 1.57. The van der Waals surface area contributed by atoms with E-state index in [2.05, 4.69) is 0 Å². The van der Waals surface area contributed by atoms with Crippen LogP contribution < -0.4 is 0 Å². The maximum atomic E-state index is 13.4. The predicted octanol–water partition coefficient (Wildman–Crippen LogP) is 2.87. The van der Waals surface area contributed by atoms with Crippen molar-refractivity contribution < 1.29 is 14.1 Å². The quantitative estimate of drug-likeness (QED) is 0.619. The second-order valence-electron chi connectivity index (χ2n) is 4.60. The highest BCUT2D eigenvalue weighted by Gasteiger charge is 2.28. The van der Waals surface area contributed by atoms with E-state index in [4.69, 9.17) is 0 Å². The van der Waals surface area contributed by atoms with Gasteiger partial charge in [-0.2, -0.15) is 11.8 Å². The average Bonchev–Trinajstić information content (AvgIpc) is 2.35. The van der Waals surface area contributed by atoms with Crippen molar-refractivity contribution in [3.8, 4) is 0 Å². The van der Waals surface area contributed by atoms with Crippen molar-refractivity contribution in [2.75, 3.05) is 19.1 Å². The number of benzene rings is 1. The van der Waals surface area contributed by atoms with Gasteiger partial charge in [-0.3, -0.25) is 14.9 Å². The molecule has 0 spiro atoms. The Morgan fingerprint density at radius 2 is 2.15 bits per heavy atom. The lowest BCUT2D eigenvalue weighted by atomic mass is 10.1. The number of hydrogen-bond acceptors (Lipinski definition) is 4. The highest BCUT2D eigenvalue weighted by atomic mass is 32.2. The Bertz CT molecular complexity index is 537. The highest BCUT2D eigenvalue weighted by Crippen LogP contribution is 2.26. The normalized spacial score (nSPS) is 12.1. The largest absolute Gasteiger partial charge is 0.338 e. The molecule has 1 aromatic carbocycles. The first-order valence-electron chi connectivity index (χ1n) is 6.00. The third-order valence-corrected chi connectivity index (χ3v) is 3.88. The van der Waals surface area contributed by atoms with Crippen molar-refractivity contribution in [1.29, 1.82) is 0 Å². The van der Waals surface area contributed by atoms with Gasteiger partial charge < -0.3 is 4.90 Å². The summed E-state index contributed by atoms with van der Waals surface area (Å²) in [5.41, 5.74) is -0.396. The van der Waals surface area contributed by atoms with Gasteiger partial charge in [0.1, 0.15) is 11.4 Å². The minimum absolute atomic E-state index is 0.0966. The van der Waals surface area contributed by atoms with Gasteiger partial charge in [0.25, 0.3) is 11.6 Å². The molecule has 0 aromatic heterocycles. The molecule has 0 bridgehead atoms. The molecule has 0 saturated carbocycles. The van der Waals surface area contributed by atoms with Crippen LogP contribution in [0.1, 0.15) is 22.8 Å². The molecule has 1 atom stereocenters. The summed E-state index contributed by atoms with van der Waals surface area (Å²) in [7, 11) is 1.56. The number of nitro groups is 1. The number of hydrogen-bond donors (Lipinski definition) is 0. The van der Waals surface area contributed by atoms with Crippen molar-refractivity contribution in [2.24, 2.45) is 0 Å². The summed E-state index contributed by atoms with van der Waals surface area (Å²) in [6.45, 7) is 3.26. The fourth-order valence-electron chi connectivity index (χ4n) is 1.88. The number of nitrogens with zero attached hydrogens (tertiary/aromatic N) is 2. The van der Waals surface area contributed by atoms with Gasteiger partial charge in [0.05, 0.1) is 4.92 Å². The number of carbonyl (C=O) groups is 1. The molecule has 5 nitrogen and oxygen atoms in total. The molecule has 0 radical (unpaired) electrons. The van der Waals surface area contributed by atoms with Gasteiger partial charge in [-0.1, -0.05) is 0 Å². The Balaban J connectivity index is 3.24. The van der Waals surface area contributed by atoms with Crippen molar-refractivity contribution >= 4 is 23.4 Å². The van der Waals surface area contributed by atoms with Crippen molar-refractivity contribution in [2.45, 2.75) is 19.9 Å². The highest BCUT2D eigenvalue weighted by molar-refractivity contribution is 7.98. The van der Waals surface area contributed by atoms with E-state index in [9.17, 15) is 19.3 Å². The zero-order chi connectivity index (χ0) is 15.4. The summed E-state index contributed by atoms with van der Waals surface area (Å²) in [5, 5.41) is 11.1. The van der Waals surface area contributed by atoms with Crippen molar-refractivity contribution in [1.82, 2.24) is 4.90 Å². The first-order chi connectivity index (χ1) is 9.29. The lowest BCUT2D eigenvalue weighted by Gasteiger charge is -2.24. The van der Waals surface area contributed by atoms with Crippen molar-refractivity contribution in [3.05, 3.63) is 39.2 Å². The molecule has 0 unspecified atom stereocenters. The second-order valence-corrected chi connectivity index (χ2v) is 5.51. The van der Waals surface area contributed by atoms with E-state index >= 15 is 0 Å². The van der Waals surface area contributed by atoms with Crippen LogP contribution in [0.3, 0.4) is 0 Å². The molecule has 0 fully saturated rings. The molecule has 0 aliphatic rings. The van der Waals surface area contributed by atoms with E-state index in [0.717, 1.165) is 12.1 Å². The minimum atomic E-state index is -0.651. The SMILES string of the molecule is CSC[C@H](C)N(C)C(=O)c1cc(F)cc(C)c1[N+](=O)[O-]. The molecule has 0 aliphatic carbocycles. The zero-order valence-electron chi connectivity index (χ0n) is 11.8. The smallest absolute Gasteiger partial charge is 0.285 e. The Labute approximate surface area is 121 Å². The zero-order valence-corrected chi connectivity index (χ0v) is 12.7. The van der Waals surface area contributed by atoms with Crippen LogP contribution in [0.25, 0.3) is 0 Å². The molecule has 20 heavy (non-hydrogen) atoms. The summed E-state index contributed by atoms with van der Waals surface area (Å²) in [5.74, 6) is -0.493. The third-order valence-electron chi connectivity index (χ3n) is 3.07. The Hall–Kier alpha value is -1.63. The maximum Gasteiger partial charge on any atom is 0.285 e. The second kappa shape index (κ2) is 6.69. The fourth-order valence-corrected chi connectivity index (χ4v) is 2.59. The van der Waals surface area contributed by atoms with Gasteiger partial charge >= 0.3 is 0 Å². The Morgan fingerprint density at radius 3 is 2.65 bits per heavy atom. The summed E-state index contributed by atoms with van der Waals surface area (Å²) in [6, 6.07) is 1.89. The van der Waals surface area contributed by atoms with Crippen LogP contribution in [-0.4, -0.2) is 40.8 Å². The summed E-state index contributed by atoms with van der Waals surface area (Å²) in [6.07, 6.45) is 1.91. The van der Waals surface area contributed by atoms with Crippen LogP contribution in [0.2, 0.25) is 0 Å². The number of rotatable bonds is 5. The van der Waals surface area contributed by atoms with Crippen LogP contribution in [0.4, 0.5) is 10.1 Å². The van der Waals surface area contributed by atoms with Crippen molar-refractivity contribution in [3.63, 3.8) is 0 Å². The van der Waals surface area contributed by atoms with Gasteiger partial charge in [0.15, 0.2) is 0 Å². The number of thioether (sulfide) groups is 1. The molecule has 0 heterocycles. The topological polar surface area (TPSA) is 63.5 Å². The van der Waals surface area contributed by atoms with E-state index in [1.54, 1.807) is 18.8 Å². The molecule has 1 amide bonds. The number of carbonyl (C=O) groups excluding carboxylic acids is 1. The first kappa shape index (κ1) is 16.4. The third kappa shape index (κ3) is 3.47. The van der Waals surface area contributed by atoms with Crippen LogP contribution >= 0.6 is 11.8 Å². The van der Waals surface area contributed by atoms with E-state index in [1.165, 1.54) is 11.8 Å². The van der Waals surface area contributed by atoms with Crippen LogP contribution in [0, 0.1) is 22.9 Å². The van der Waals surface area contributed by atoms with Gasteiger partial charge in [-0.15, -0.1) is 0 Å². The molecule has 0 aliphatic heterocycles. The van der Waals surface area contributed by atoms with Gasteiger partial charge in [-0.25, -0.2) is 4.39 Å². The predicted molar refractivity (Wildman–Crippen MR) is 77.7 cm³/mol. The number of amides is 1. The fraction of sp³-hybridized carbons (Fsp3) is 0.462. The van der Waals surface area contributed by atoms with Gasteiger partial charge in [0, 0.05) is 24.4 Å². The summed E-state index contributed by atoms with van der Waals surface area (Å²) < 4.78 is 13.4. The number of aryl methyl sites for hydroxylation is 1. The number of nitro benzene ring substituents is 1. The van der Waals surface area contributed by atoms with E-state index in [1.807, 2.05) is 13.2 Å². The minimum Gasteiger partial charge on any atom is -0.338 e. The molecular weight excluding hydrogens is 283 g/mol. The Morgan fingerprint density at radius 1 is 1.55 bits per heavy atom.